The van der Waals surface area contributed by atoms with Crippen LogP contribution < -0.4 is 5.32 Å². The number of anilines is 1. The number of carbonyl (C=O) groups is 1. The van der Waals surface area contributed by atoms with Crippen LogP contribution in [0.15, 0.2) is 46.9 Å². The molecule has 3 rings (SSSR count). The molecule has 0 atom stereocenters. The predicted molar refractivity (Wildman–Crippen MR) is 78.8 cm³/mol. The van der Waals surface area contributed by atoms with Crippen LogP contribution in [0.1, 0.15) is 6.92 Å². The smallest absolute Gasteiger partial charge is 0.325 e. The third-order valence-electron chi connectivity index (χ3n) is 3.12. The predicted octanol–water partition coefficient (Wildman–Crippen LogP) is 3.56. The number of para-hydroxylation sites is 1. The van der Waals surface area contributed by atoms with Crippen molar-refractivity contribution in [2.24, 2.45) is 0 Å². The molecule has 0 fully saturated rings. The highest BCUT2D eigenvalue weighted by Crippen LogP contribution is 2.30. The summed E-state index contributed by atoms with van der Waals surface area (Å²) >= 11 is 0. The van der Waals surface area contributed by atoms with Gasteiger partial charge in [-0.1, -0.05) is 18.2 Å². The number of ether oxygens (including phenoxy) is 1. The van der Waals surface area contributed by atoms with Gasteiger partial charge in [-0.3, -0.25) is 4.79 Å². The first kappa shape index (κ1) is 12.5. The second-order valence-electron chi connectivity index (χ2n) is 4.47. The van der Waals surface area contributed by atoms with Crippen LogP contribution in [-0.2, 0) is 9.53 Å². The fourth-order valence-electron chi connectivity index (χ4n) is 2.22. The fraction of sp³-hybridized carbons (Fsp3) is 0.188. The van der Waals surface area contributed by atoms with E-state index in [0.29, 0.717) is 6.61 Å². The van der Waals surface area contributed by atoms with Gasteiger partial charge in [0.25, 0.3) is 0 Å². The zero-order valence-corrected chi connectivity index (χ0v) is 11.2. The van der Waals surface area contributed by atoms with E-state index in [1.54, 1.807) is 6.92 Å². The Hall–Kier alpha value is -2.49. The highest BCUT2D eigenvalue weighted by Gasteiger charge is 2.07. The number of rotatable bonds is 4. The first-order valence-corrected chi connectivity index (χ1v) is 6.58. The lowest BCUT2D eigenvalue weighted by Crippen LogP contribution is -2.16. The SMILES string of the molecule is CCOC(=O)CNc1ccc2c(c1)oc1ccccc12. The van der Waals surface area contributed by atoms with Crippen molar-refractivity contribution in [2.45, 2.75) is 6.92 Å². The average Bonchev–Trinajstić information content (AvgIpc) is 2.83. The summed E-state index contributed by atoms with van der Waals surface area (Å²) in [5, 5.41) is 5.20. The number of fused-ring (bicyclic) bond motifs is 3. The Kier molecular flexibility index (Phi) is 3.29. The second kappa shape index (κ2) is 5.25. The molecule has 0 radical (unpaired) electrons. The van der Waals surface area contributed by atoms with Gasteiger partial charge < -0.3 is 14.5 Å². The topological polar surface area (TPSA) is 51.5 Å². The summed E-state index contributed by atoms with van der Waals surface area (Å²) in [6, 6.07) is 13.7. The maximum Gasteiger partial charge on any atom is 0.325 e. The van der Waals surface area contributed by atoms with Gasteiger partial charge in [-0.15, -0.1) is 0 Å². The molecule has 0 spiro atoms. The van der Waals surface area contributed by atoms with E-state index >= 15 is 0 Å². The van der Waals surface area contributed by atoms with Crippen molar-refractivity contribution in [3.8, 4) is 0 Å². The number of esters is 1. The molecule has 1 aromatic heterocycles. The molecular formula is C16H15NO3. The Morgan fingerprint density at radius 1 is 1.15 bits per heavy atom. The number of carbonyl (C=O) groups excluding carboxylic acids is 1. The molecule has 0 saturated carbocycles. The molecule has 2 aromatic carbocycles. The van der Waals surface area contributed by atoms with Crippen molar-refractivity contribution >= 4 is 33.6 Å². The number of nitrogens with one attached hydrogen (secondary N) is 1. The molecule has 4 heteroatoms. The quantitative estimate of drug-likeness (QED) is 0.736. The Labute approximate surface area is 116 Å². The highest BCUT2D eigenvalue weighted by molar-refractivity contribution is 6.05. The molecule has 4 nitrogen and oxygen atoms in total. The van der Waals surface area contributed by atoms with Crippen LogP contribution in [0, 0.1) is 0 Å². The van der Waals surface area contributed by atoms with Gasteiger partial charge >= 0.3 is 5.97 Å². The second-order valence-corrected chi connectivity index (χ2v) is 4.47. The van der Waals surface area contributed by atoms with E-state index in [-0.39, 0.29) is 12.5 Å². The lowest BCUT2D eigenvalue weighted by atomic mass is 10.1. The van der Waals surface area contributed by atoms with E-state index in [9.17, 15) is 4.79 Å². The standard InChI is InChI=1S/C16H15NO3/c1-2-19-16(18)10-17-11-7-8-13-12-5-3-4-6-14(12)20-15(13)9-11/h3-9,17H,2,10H2,1H3. The maximum absolute atomic E-state index is 11.3. The monoisotopic (exact) mass is 269 g/mol. The van der Waals surface area contributed by atoms with E-state index in [1.165, 1.54) is 0 Å². The van der Waals surface area contributed by atoms with Gasteiger partial charge in [-0.2, -0.15) is 0 Å². The van der Waals surface area contributed by atoms with E-state index in [2.05, 4.69) is 5.32 Å². The van der Waals surface area contributed by atoms with Crippen LogP contribution in [0.2, 0.25) is 0 Å². The summed E-state index contributed by atoms with van der Waals surface area (Å²) in [7, 11) is 0. The van der Waals surface area contributed by atoms with Crippen LogP contribution in [0.25, 0.3) is 21.9 Å². The van der Waals surface area contributed by atoms with E-state index in [0.717, 1.165) is 27.6 Å². The largest absolute Gasteiger partial charge is 0.465 e. The summed E-state index contributed by atoms with van der Waals surface area (Å²) in [4.78, 5) is 11.3. The van der Waals surface area contributed by atoms with Gasteiger partial charge in [0, 0.05) is 22.5 Å². The zero-order valence-electron chi connectivity index (χ0n) is 11.2. The Morgan fingerprint density at radius 2 is 1.95 bits per heavy atom. The molecule has 0 aliphatic carbocycles. The Morgan fingerprint density at radius 3 is 2.80 bits per heavy atom. The summed E-state index contributed by atoms with van der Waals surface area (Å²) in [6.45, 7) is 2.33. The maximum atomic E-state index is 11.3. The third-order valence-corrected chi connectivity index (χ3v) is 3.12. The molecule has 3 aromatic rings. The zero-order chi connectivity index (χ0) is 13.9. The Balaban J connectivity index is 1.87. The molecule has 0 amide bonds. The molecule has 0 aliphatic heterocycles. The first-order chi connectivity index (χ1) is 9.78. The van der Waals surface area contributed by atoms with Gasteiger partial charge in [0.1, 0.15) is 17.7 Å². The average molecular weight is 269 g/mol. The first-order valence-electron chi connectivity index (χ1n) is 6.58. The van der Waals surface area contributed by atoms with Crippen LogP contribution in [0.5, 0.6) is 0 Å². The van der Waals surface area contributed by atoms with Crippen LogP contribution in [-0.4, -0.2) is 19.1 Å². The van der Waals surface area contributed by atoms with Crippen molar-refractivity contribution in [3.63, 3.8) is 0 Å². The van der Waals surface area contributed by atoms with Crippen molar-refractivity contribution in [2.75, 3.05) is 18.5 Å². The van der Waals surface area contributed by atoms with E-state index in [4.69, 9.17) is 9.15 Å². The fourth-order valence-corrected chi connectivity index (χ4v) is 2.22. The molecule has 0 unspecified atom stereocenters. The summed E-state index contributed by atoms with van der Waals surface area (Å²) in [5.74, 6) is -0.266. The van der Waals surface area contributed by atoms with Crippen LogP contribution >= 0.6 is 0 Å². The number of hydrogen-bond donors (Lipinski definition) is 1. The highest BCUT2D eigenvalue weighted by atomic mass is 16.5. The molecule has 0 aliphatic rings. The van der Waals surface area contributed by atoms with Crippen molar-refractivity contribution in [3.05, 3.63) is 42.5 Å². The van der Waals surface area contributed by atoms with E-state index < -0.39 is 0 Å². The summed E-state index contributed by atoms with van der Waals surface area (Å²) in [5.41, 5.74) is 2.51. The van der Waals surface area contributed by atoms with Gasteiger partial charge in [-0.05, 0) is 25.1 Å². The molecule has 1 heterocycles. The Bertz CT molecular complexity index is 761. The normalized spacial score (nSPS) is 10.8. The van der Waals surface area contributed by atoms with Crippen molar-refractivity contribution in [1.82, 2.24) is 0 Å². The van der Waals surface area contributed by atoms with Gasteiger partial charge in [0.2, 0.25) is 0 Å². The summed E-state index contributed by atoms with van der Waals surface area (Å²) < 4.78 is 10.7. The van der Waals surface area contributed by atoms with Gasteiger partial charge in [0.05, 0.1) is 6.61 Å². The summed E-state index contributed by atoms with van der Waals surface area (Å²) in [6.07, 6.45) is 0. The minimum absolute atomic E-state index is 0.152. The lowest BCUT2D eigenvalue weighted by molar-refractivity contribution is -0.140. The molecule has 102 valence electrons. The van der Waals surface area contributed by atoms with Gasteiger partial charge in [-0.25, -0.2) is 0 Å². The van der Waals surface area contributed by atoms with E-state index in [1.807, 2.05) is 42.5 Å². The van der Waals surface area contributed by atoms with Crippen molar-refractivity contribution < 1.29 is 13.9 Å². The molecule has 1 N–H and O–H groups in total. The molecular weight excluding hydrogens is 254 g/mol. The van der Waals surface area contributed by atoms with Crippen LogP contribution in [0.3, 0.4) is 0 Å². The number of benzene rings is 2. The molecule has 0 saturated heterocycles. The number of hydrogen-bond acceptors (Lipinski definition) is 4. The number of furan rings is 1. The third kappa shape index (κ3) is 2.32. The van der Waals surface area contributed by atoms with Crippen molar-refractivity contribution in [1.29, 1.82) is 0 Å². The molecule has 0 bridgehead atoms. The molecule has 20 heavy (non-hydrogen) atoms. The lowest BCUT2D eigenvalue weighted by Gasteiger charge is -2.05. The minimum Gasteiger partial charge on any atom is -0.465 e. The van der Waals surface area contributed by atoms with Gasteiger partial charge in [0.15, 0.2) is 0 Å². The minimum atomic E-state index is -0.266. The van der Waals surface area contributed by atoms with Crippen LogP contribution in [0.4, 0.5) is 5.69 Å².